The molecular formula is C17H17NO3. The van der Waals surface area contributed by atoms with E-state index in [2.05, 4.69) is 5.32 Å². The molecule has 0 saturated carbocycles. The van der Waals surface area contributed by atoms with Crippen molar-refractivity contribution in [3.63, 3.8) is 0 Å². The first-order valence-electron chi connectivity index (χ1n) is 6.78. The molecule has 4 heteroatoms. The lowest BCUT2D eigenvalue weighted by Crippen LogP contribution is -2.26. The topological polar surface area (TPSA) is 66.4 Å². The second-order valence-electron chi connectivity index (χ2n) is 4.72. The molecule has 108 valence electrons. The molecule has 4 nitrogen and oxygen atoms in total. The number of carbonyl (C=O) groups excluding carboxylic acids is 2. The lowest BCUT2D eigenvalue weighted by atomic mass is 10.1. The first-order valence-corrected chi connectivity index (χ1v) is 6.78. The van der Waals surface area contributed by atoms with Gasteiger partial charge in [0, 0.05) is 19.4 Å². The fourth-order valence-electron chi connectivity index (χ4n) is 1.99. The Balaban J connectivity index is 1.78. The third kappa shape index (κ3) is 4.45. The minimum absolute atomic E-state index is 0.0642. The largest absolute Gasteiger partial charge is 0.507 e. The van der Waals surface area contributed by atoms with Crippen LogP contribution in [0.3, 0.4) is 0 Å². The number of amides is 1. The van der Waals surface area contributed by atoms with Crippen LogP contribution in [0.4, 0.5) is 0 Å². The van der Waals surface area contributed by atoms with Crippen molar-refractivity contribution < 1.29 is 14.7 Å². The number of para-hydroxylation sites is 1. The maximum Gasteiger partial charge on any atom is 0.255 e. The molecule has 2 aromatic carbocycles. The van der Waals surface area contributed by atoms with Crippen LogP contribution in [0.25, 0.3) is 0 Å². The molecule has 21 heavy (non-hydrogen) atoms. The van der Waals surface area contributed by atoms with Crippen LogP contribution >= 0.6 is 0 Å². The van der Waals surface area contributed by atoms with E-state index in [1.807, 2.05) is 30.3 Å². The van der Waals surface area contributed by atoms with Crippen molar-refractivity contribution in [1.29, 1.82) is 0 Å². The zero-order valence-electron chi connectivity index (χ0n) is 11.6. The van der Waals surface area contributed by atoms with E-state index in [4.69, 9.17) is 0 Å². The molecule has 0 aliphatic heterocycles. The Morgan fingerprint density at radius 2 is 1.62 bits per heavy atom. The van der Waals surface area contributed by atoms with Crippen molar-refractivity contribution >= 4 is 11.7 Å². The summed E-state index contributed by atoms with van der Waals surface area (Å²) in [6.07, 6.45) is 0.640. The summed E-state index contributed by atoms with van der Waals surface area (Å²) < 4.78 is 0. The minimum atomic E-state index is -0.374. The van der Waals surface area contributed by atoms with Gasteiger partial charge in [0.2, 0.25) is 0 Å². The SMILES string of the molecule is O=C(CCNC(=O)c1ccccc1O)Cc1ccccc1. The van der Waals surface area contributed by atoms with Crippen molar-refractivity contribution in [2.75, 3.05) is 6.54 Å². The fourth-order valence-corrected chi connectivity index (χ4v) is 1.99. The van der Waals surface area contributed by atoms with Crippen LogP contribution in [0, 0.1) is 0 Å². The Bertz CT molecular complexity index is 623. The monoisotopic (exact) mass is 283 g/mol. The number of hydrogen-bond donors (Lipinski definition) is 2. The zero-order chi connectivity index (χ0) is 15.1. The first-order chi connectivity index (χ1) is 10.2. The molecule has 0 spiro atoms. The van der Waals surface area contributed by atoms with Gasteiger partial charge in [-0.3, -0.25) is 9.59 Å². The van der Waals surface area contributed by atoms with Crippen molar-refractivity contribution in [1.82, 2.24) is 5.32 Å². The van der Waals surface area contributed by atoms with E-state index in [1.54, 1.807) is 12.1 Å². The lowest BCUT2D eigenvalue weighted by Gasteiger charge is -2.06. The average molecular weight is 283 g/mol. The molecule has 2 aromatic rings. The predicted octanol–water partition coefficient (Wildman–Crippen LogP) is 2.32. The number of phenolic OH excluding ortho intramolecular Hbond substituents is 1. The molecular weight excluding hydrogens is 266 g/mol. The Morgan fingerprint density at radius 1 is 0.952 bits per heavy atom. The van der Waals surface area contributed by atoms with Gasteiger partial charge in [0.15, 0.2) is 0 Å². The third-order valence-corrected chi connectivity index (χ3v) is 3.08. The highest BCUT2D eigenvalue weighted by molar-refractivity contribution is 5.97. The van der Waals surface area contributed by atoms with Gasteiger partial charge < -0.3 is 10.4 Å². The normalized spacial score (nSPS) is 10.1. The number of carbonyl (C=O) groups is 2. The second-order valence-corrected chi connectivity index (χ2v) is 4.72. The van der Waals surface area contributed by atoms with Crippen LogP contribution in [-0.2, 0) is 11.2 Å². The van der Waals surface area contributed by atoms with Gasteiger partial charge in [-0.2, -0.15) is 0 Å². The Labute approximate surface area is 123 Å². The van der Waals surface area contributed by atoms with E-state index in [0.29, 0.717) is 6.42 Å². The Kier molecular flexibility index (Phi) is 5.10. The van der Waals surface area contributed by atoms with E-state index in [9.17, 15) is 14.7 Å². The summed E-state index contributed by atoms with van der Waals surface area (Å²) in [7, 11) is 0. The molecule has 0 aliphatic carbocycles. The molecule has 0 aromatic heterocycles. The zero-order valence-corrected chi connectivity index (χ0v) is 11.6. The Morgan fingerprint density at radius 3 is 2.33 bits per heavy atom. The smallest absolute Gasteiger partial charge is 0.255 e. The lowest BCUT2D eigenvalue weighted by molar-refractivity contribution is -0.118. The molecule has 2 rings (SSSR count). The van der Waals surface area contributed by atoms with E-state index in [1.165, 1.54) is 12.1 Å². The van der Waals surface area contributed by atoms with Crippen molar-refractivity contribution in [3.05, 3.63) is 65.7 Å². The molecule has 0 unspecified atom stereocenters. The highest BCUT2D eigenvalue weighted by atomic mass is 16.3. The molecule has 0 aliphatic rings. The highest BCUT2D eigenvalue weighted by Gasteiger charge is 2.10. The second kappa shape index (κ2) is 7.24. The summed E-state index contributed by atoms with van der Waals surface area (Å²) in [6, 6.07) is 15.8. The van der Waals surface area contributed by atoms with Gasteiger partial charge in [0.25, 0.3) is 5.91 Å². The van der Waals surface area contributed by atoms with Gasteiger partial charge in [-0.15, -0.1) is 0 Å². The average Bonchev–Trinajstić information content (AvgIpc) is 2.48. The van der Waals surface area contributed by atoms with E-state index in [0.717, 1.165) is 5.56 Å². The maximum atomic E-state index is 11.8. The number of Topliss-reactive ketones (excluding diaryl/α,β-unsaturated/α-hetero) is 1. The van der Waals surface area contributed by atoms with Gasteiger partial charge in [-0.25, -0.2) is 0 Å². The summed E-state index contributed by atoms with van der Waals surface area (Å²) in [6.45, 7) is 0.263. The molecule has 0 fully saturated rings. The van der Waals surface area contributed by atoms with Gasteiger partial charge in [0.05, 0.1) is 5.56 Å². The van der Waals surface area contributed by atoms with Gasteiger partial charge in [-0.05, 0) is 17.7 Å². The van der Waals surface area contributed by atoms with Gasteiger partial charge >= 0.3 is 0 Å². The number of phenols is 1. The molecule has 0 atom stereocenters. The molecule has 1 amide bonds. The predicted molar refractivity (Wildman–Crippen MR) is 80.2 cm³/mol. The minimum Gasteiger partial charge on any atom is -0.507 e. The van der Waals surface area contributed by atoms with Crippen LogP contribution in [0.2, 0.25) is 0 Å². The number of ketones is 1. The van der Waals surface area contributed by atoms with Crippen molar-refractivity contribution in [3.8, 4) is 5.75 Å². The van der Waals surface area contributed by atoms with Crippen molar-refractivity contribution in [2.24, 2.45) is 0 Å². The van der Waals surface area contributed by atoms with E-state index in [-0.39, 0.29) is 36.0 Å². The summed E-state index contributed by atoms with van der Waals surface area (Å²) >= 11 is 0. The van der Waals surface area contributed by atoms with E-state index < -0.39 is 0 Å². The van der Waals surface area contributed by atoms with Crippen LogP contribution < -0.4 is 5.32 Å². The van der Waals surface area contributed by atoms with Crippen LogP contribution in [-0.4, -0.2) is 23.3 Å². The molecule has 0 radical (unpaired) electrons. The number of hydrogen-bond acceptors (Lipinski definition) is 3. The molecule has 0 saturated heterocycles. The van der Waals surface area contributed by atoms with E-state index >= 15 is 0 Å². The first kappa shape index (κ1) is 14.8. The van der Waals surface area contributed by atoms with Crippen LogP contribution in [0.15, 0.2) is 54.6 Å². The van der Waals surface area contributed by atoms with Crippen LogP contribution in [0.5, 0.6) is 5.75 Å². The summed E-state index contributed by atoms with van der Waals surface area (Å²) in [5.41, 5.74) is 1.18. The van der Waals surface area contributed by atoms with Gasteiger partial charge in [-0.1, -0.05) is 42.5 Å². The van der Waals surface area contributed by atoms with Crippen molar-refractivity contribution in [2.45, 2.75) is 12.8 Å². The third-order valence-electron chi connectivity index (χ3n) is 3.08. The summed E-state index contributed by atoms with van der Waals surface area (Å²) in [5.74, 6) is -0.370. The maximum absolute atomic E-state index is 11.8. The number of rotatable bonds is 6. The van der Waals surface area contributed by atoms with Crippen LogP contribution in [0.1, 0.15) is 22.3 Å². The quantitative estimate of drug-likeness (QED) is 0.855. The number of nitrogens with one attached hydrogen (secondary N) is 1. The van der Waals surface area contributed by atoms with Gasteiger partial charge in [0.1, 0.15) is 11.5 Å². The Hall–Kier alpha value is -2.62. The summed E-state index contributed by atoms with van der Waals surface area (Å²) in [5, 5.41) is 12.2. The number of benzene rings is 2. The molecule has 0 heterocycles. The summed E-state index contributed by atoms with van der Waals surface area (Å²) in [4.78, 5) is 23.6. The standard InChI is InChI=1S/C17H17NO3/c19-14(12-13-6-2-1-3-7-13)10-11-18-17(21)15-8-4-5-9-16(15)20/h1-9,20H,10-12H2,(H,18,21). The molecule has 2 N–H and O–H groups in total. The highest BCUT2D eigenvalue weighted by Crippen LogP contribution is 2.14. The number of aromatic hydroxyl groups is 1. The fraction of sp³-hybridized carbons (Fsp3) is 0.176. The molecule has 0 bridgehead atoms.